The zero-order valence-electron chi connectivity index (χ0n) is 18.5. The molecule has 0 unspecified atom stereocenters. The lowest BCUT2D eigenvalue weighted by Crippen LogP contribution is -2.53. The number of aryl methyl sites for hydroxylation is 3. The van der Waals surface area contributed by atoms with Gasteiger partial charge in [-0.3, -0.25) is 4.79 Å². The van der Waals surface area contributed by atoms with E-state index in [9.17, 15) is 9.18 Å². The Balaban J connectivity index is 1.91. The molecule has 1 saturated heterocycles. The van der Waals surface area contributed by atoms with Gasteiger partial charge in [-0.1, -0.05) is 35.4 Å². The van der Waals surface area contributed by atoms with E-state index < -0.39 is 5.41 Å². The molecule has 0 aliphatic carbocycles. The molecule has 1 aliphatic rings. The van der Waals surface area contributed by atoms with E-state index in [2.05, 4.69) is 37.4 Å². The average Bonchev–Trinajstić information content (AvgIpc) is 2.66. The largest absolute Gasteiger partial charge is 0.341 e. The Hall–Kier alpha value is -2.20. The molecule has 2 aromatic rings. The molecule has 156 valence electrons. The molecule has 0 radical (unpaired) electrons. The topological polar surface area (TPSA) is 32.3 Å². The number of hydrogen-bond donors (Lipinski definition) is 1. The fourth-order valence-corrected chi connectivity index (χ4v) is 4.73. The first-order chi connectivity index (χ1) is 13.6. The molecule has 3 rings (SSSR count). The highest BCUT2D eigenvalue weighted by atomic mass is 19.1. The van der Waals surface area contributed by atoms with Gasteiger partial charge in [0.25, 0.3) is 0 Å². The summed E-state index contributed by atoms with van der Waals surface area (Å²) in [6.45, 7) is 11.8. The summed E-state index contributed by atoms with van der Waals surface area (Å²) in [5.41, 5.74) is 4.84. The number of carbonyl (C=O) groups is 1. The van der Waals surface area contributed by atoms with Crippen LogP contribution in [-0.2, 0) is 10.2 Å². The van der Waals surface area contributed by atoms with Gasteiger partial charge in [0.05, 0.1) is 5.41 Å². The highest BCUT2D eigenvalue weighted by Crippen LogP contribution is 2.34. The molecule has 1 amide bonds. The molecule has 1 fully saturated rings. The number of carbonyl (C=O) groups excluding carboxylic acids is 1. The Morgan fingerprint density at radius 3 is 2.38 bits per heavy atom. The highest BCUT2D eigenvalue weighted by molar-refractivity contribution is 5.87. The Kier molecular flexibility index (Phi) is 6.13. The normalized spacial score (nSPS) is 19.8. The number of hydrogen-bond acceptors (Lipinski definition) is 2. The molecule has 1 aliphatic heterocycles. The van der Waals surface area contributed by atoms with Crippen molar-refractivity contribution in [3.63, 3.8) is 0 Å². The van der Waals surface area contributed by atoms with Crippen molar-refractivity contribution in [2.24, 2.45) is 0 Å². The molecular formula is C25H33FN2O. The summed E-state index contributed by atoms with van der Waals surface area (Å²) < 4.78 is 13.6. The third-order valence-corrected chi connectivity index (χ3v) is 6.37. The van der Waals surface area contributed by atoms with Crippen molar-refractivity contribution in [2.45, 2.75) is 58.4 Å². The summed E-state index contributed by atoms with van der Waals surface area (Å²) in [5.74, 6) is 0.0551. The first kappa shape index (κ1) is 21.5. The number of nitrogens with zero attached hydrogens (tertiary/aromatic N) is 1. The van der Waals surface area contributed by atoms with Gasteiger partial charge in [-0.2, -0.15) is 0 Å². The fourth-order valence-electron chi connectivity index (χ4n) is 4.73. The van der Waals surface area contributed by atoms with Gasteiger partial charge in [-0.05, 0) is 76.4 Å². The first-order valence-corrected chi connectivity index (χ1v) is 10.4. The van der Waals surface area contributed by atoms with E-state index in [1.165, 1.54) is 17.2 Å². The van der Waals surface area contributed by atoms with Gasteiger partial charge >= 0.3 is 0 Å². The molecule has 3 nitrogen and oxygen atoms in total. The van der Waals surface area contributed by atoms with Crippen LogP contribution < -0.4 is 5.32 Å². The second-order valence-electron chi connectivity index (χ2n) is 9.08. The number of piperidine rings is 1. The van der Waals surface area contributed by atoms with Crippen molar-refractivity contribution < 1.29 is 9.18 Å². The summed E-state index contributed by atoms with van der Waals surface area (Å²) in [7, 11) is 1.93. The smallest absolute Gasteiger partial charge is 0.232 e. The summed E-state index contributed by atoms with van der Waals surface area (Å²) in [6.07, 6.45) is 0.882. The van der Waals surface area contributed by atoms with Crippen LogP contribution in [0.3, 0.4) is 0 Å². The molecule has 1 N–H and O–H groups in total. The molecule has 0 aromatic heterocycles. The van der Waals surface area contributed by atoms with E-state index in [0.717, 1.165) is 36.2 Å². The minimum atomic E-state index is -0.612. The van der Waals surface area contributed by atoms with E-state index in [0.29, 0.717) is 0 Å². The molecule has 4 heteroatoms. The number of likely N-dealkylation sites (N-methyl/N-ethyl adjacent to an activating group) is 1. The van der Waals surface area contributed by atoms with Crippen molar-refractivity contribution in [3.8, 4) is 0 Å². The van der Waals surface area contributed by atoms with Gasteiger partial charge in [0.1, 0.15) is 5.82 Å². The standard InChI is InChI=1S/C25H33FN2O/c1-16-11-17(2)13-19(12-16)25(4,5)24(29)28(6)23-9-10-27-15-22(23)21-8-7-20(26)14-18(21)3/h7-8,11-14,22-23,27H,9-10,15H2,1-6H3/t22-,23+/m0/s1. The van der Waals surface area contributed by atoms with Crippen LogP contribution >= 0.6 is 0 Å². The molecule has 0 spiro atoms. The molecular weight excluding hydrogens is 363 g/mol. The van der Waals surface area contributed by atoms with E-state index in [4.69, 9.17) is 0 Å². The van der Waals surface area contributed by atoms with Gasteiger partial charge in [-0.15, -0.1) is 0 Å². The Morgan fingerprint density at radius 2 is 1.76 bits per heavy atom. The van der Waals surface area contributed by atoms with Crippen LogP contribution in [0.25, 0.3) is 0 Å². The average molecular weight is 397 g/mol. The summed E-state index contributed by atoms with van der Waals surface area (Å²) in [5, 5.41) is 3.45. The van der Waals surface area contributed by atoms with Crippen molar-refractivity contribution in [1.82, 2.24) is 10.2 Å². The molecule has 2 atom stereocenters. The maximum Gasteiger partial charge on any atom is 0.232 e. The number of benzene rings is 2. The summed E-state index contributed by atoms with van der Waals surface area (Å²) in [6, 6.07) is 11.4. The monoisotopic (exact) mass is 396 g/mol. The van der Waals surface area contributed by atoms with Crippen molar-refractivity contribution in [2.75, 3.05) is 20.1 Å². The molecule has 29 heavy (non-hydrogen) atoms. The number of amides is 1. The summed E-state index contributed by atoms with van der Waals surface area (Å²) in [4.78, 5) is 15.6. The van der Waals surface area contributed by atoms with Crippen LogP contribution in [0.2, 0.25) is 0 Å². The number of nitrogens with one attached hydrogen (secondary N) is 1. The van der Waals surface area contributed by atoms with Gasteiger partial charge in [-0.25, -0.2) is 4.39 Å². The van der Waals surface area contributed by atoms with Crippen LogP contribution in [0.4, 0.5) is 4.39 Å². The van der Waals surface area contributed by atoms with Crippen LogP contribution in [0.5, 0.6) is 0 Å². The van der Waals surface area contributed by atoms with E-state index in [1.807, 2.05) is 38.8 Å². The number of rotatable bonds is 4. The fraction of sp³-hybridized carbons (Fsp3) is 0.480. The lowest BCUT2D eigenvalue weighted by Gasteiger charge is -2.42. The van der Waals surface area contributed by atoms with Gasteiger partial charge < -0.3 is 10.2 Å². The lowest BCUT2D eigenvalue weighted by atomic mass is 9.79. The lowest BCUT2D eigenvalue weighted by molar-refractivity contribution is -0.138. The minimum absolute atomic E-state index is 0.0816. The van der Waals surface area contributed by atoms with Crippen LogP contribution in [0, 0.1) is 26.6 Å². The van der Waals surface area contributed by atoms with Crippen LogP contribution in [0.15, 0.2) is 36.4 Å². The Bertz CT molecular complexity index is 885. The van der Waals surface area contributed by atoms with E-state index in [-0.39, 0.29) is 23.7 Å². The zero-order chi connectivity index (χ0) is 21.3. The quantitative estimate of drug-likeness (QED) is 0.817. The van der Waals surface area contributed by atoms with E-state index >= 15 is 0 Å². The second-order valence-corrected chi connectivity index (χ2v) is 9.08. The van der Waals surface area contributed by atoms with Crippen LogP contribution in [0.1, 0.15) is 54.0 Å². The van der Waals surface area contributed by atoms with Crippen molar-refractivity contribution in [3.05, 3.63) is 70.0 Å². The predicted octanol–water partition coefficient (Wildman–Crippen LogP) is 4.63. The Morgan fingerprint density at radius 1 is 1.10 bits per heavy atom. The second kappa shape index (κ2) is 8.27. The third kappa shape index (κ3) is 4.37. The SMILES string of the molecule is Cc1cc(C)cc(C(C)(C)C(=O)N(C)[C@@H]2CCNC[C@H]2c2ccc(F)cc2C)c1. The minimum Gasteiger partial charge on any atom is -0.341 e. The first-order valence-electron chi connectivity index (χ1n) is 10.4. The van der Waals surface area contributed by atoms with Gasteiger partial charge in [0, 0.05) is 25.6 Å². The van der Waals surface area contributed by atoms with Gasteiger partial charge in [0.2, 0.25) is 5.91 Å². The van der Waals surface area contributed by atoms with Crippen molar-refractivity contribution >= 4 is 5.91 Å². The predicted molar refractivity (Wildman–Crippen MR) is 117 cm³/mol. The third-order valence-electron chi connectivity index (χ3n) is 6.37. The molecule has 2 aromatic carbocycles. The molecule has 0 saturated carbocycles. The highest BCUT2D eigenvalue weighted by Gasteiger charge is 2.39. The molecule has 1 heterocycles. The maximum atomic E-state index is 13.6. The van der Waals surface area contributed by atoms with Crippen molar-refractivity contribution in [1.29, 1.82) is 0 Å². The molecule has 0 bridgehead atoms. The van der Waals surface area contributed by atoms with Gasteiger partial charge in [0.15, 0.2) is 0 Å². The van der Waals surface area contributed by atoms with E-state index in [1.54, 1.807) is 6.07 Å². The Labute approximate surface area is 174 Å². The van der Waals surface area contributed by atoms with Crippen LogP contribution in [-0.4, -0.2) is 37.0 Å². The summed E-state index contributed by atoms with van der Waals surface area (Å²) >= 11 is 0. The zero-order valence-corrected chi connectivity index (χ0v) is 18.5. The maximum absolute atomic E-state index is 13.6. The number of halogens is 1.